The summed E-state index contributed by atoms with van der Waals surface area (Å²) >= 11 is 1.57. The molecule has 0 fully saturated rings. The first kappa shape index (κ1) is 16.8. The van der Waals surface area contributed by atoms with Gasteiger partial charge in [-0.05, 0) is 33.2 Å². The highest BCUT2D eigenvalue weighted by atomic mass is 32.2. The smallest absolute Gasteiger partial charge is 0.303 e. The molecule has 0 saturated heterocycles. The zero-order valence-corrected chi connectivity index (χ0v) is 14.2. The summed E-state index contributed by atoms with van der Waals surface area (Å²) in [5.74, 6) is -0.577. The Morgan fingerprint density at radius 1 is 1.36 bits per heavy atom. The summed E-state index contributed by atoms with van der Waals surface area (Å²) in [5, 5.41) is -0.123. The largest absolute Gasteiger partial charge is 0.451 e. The highest BCUT2D eigenvalue weighted by molar-refractivity contribution is 8.00. The van der Waals surface area contributed by atoms with Crippen molar-refractivity contribution in [2.45, 2.75) is 30.1 Å². The fraction of sp³-hybridized carbons (Fsp3) is 0.500. The van der Waals surface area contributed by atoms with Crippen molar-refractivity contribution in [2.75, 3.05) is 32.1 Å². The van der Waals surface area contributed by atoms with Crippen LogP contribution in [-0.2, 0) is 14.3 Å². The number of nitrogens with zero attached hydrogens (tertiary/aromatic N) is 2. The average molecular weight is 322 g/mol. The van der Waals surface area contributed by atoms with Gasteiger partial charge in [0.05, 0.1) is 10.9 Å². The minimum Gasteiger partial charge on any atom is -0.451 e. The number of esters is 1. The highest BCUT2D eigenvalue weighted by Crippen LogP contribution is 2.38. The third-order valence-corrected chi connectivity index (χ3v) is 4.69. The molecule has 6 heteroatoms. The third-order valence-electron chi connectivity index (χ3n) is 3.47. The van der Waals surface area contributed by atoms with Crippen LogP contribution in [0.25, 0.3) is 0 Å². The Kier molecular flexibility index (Phi) is 5.47. The maximum atomic E-state index is 12.9. The van der Waals surface area contributed by atoms with E-state index in [0.717, 1.165) is 17.1 Å². The molecule has 1 aromatic carbocycles. The number of fused-ring (bicyclic) bond motifs is 1. The van der Waals surface area contributed by atoms with E-state index in [-0.39, 0.29) is 11.2 Å². The Bertz CT molecular complexity index is 562. The van der Waals surface area contributed by atoms with Crippen LogP contribution in [0.1, 0.15) is 13.8 Å². The Hall–Kier alpha value is -1.53. The number of likely N-dealkylation sites (N-methyl/N-ethyl adjacent to an activating group) is 1. The molecule has 0 saturated carbocycles. The summed E-state index contributed by atoms with van der Waals surface area (Å²) in [7, 11) is 3.93. The minimum atomic E-state index is -0.753. The zero-order chi connectivity index (χ0) is 16.3. The molecule has 0 aliphatic carbocycles. The number of benzene rings is 1. The van der Waals surface area contributed by atoms with Crippen LogP contribution in [0.2, 0.25) is 0 Å². The number of hydrogen-bond donors (Lipinski definition) is 0. The molecule has 120 valence electrons. The summed E-state index contributed by atoms with van der Waals surface area (Å²) in [4.78, 5) is 29.0. The lowest BCUT2D eigenvalue weighted by Crippen LogP contribution is -2.46. The predicted molar refractivity (Wildman–Crippen MR) is 88.2 cm³/mol. The van der Waals surface area contributed by atoms with Crippen LogP contribution in [-0.4, -0.2) is 55.3 Å². The van der Waals surface area contributed by atoms with E-state index in [2.05, 4.69) is 0 Å². The second kappa shape index (κ2) is 7.15. The van der Waals surface area contributed by atoms with E-state index in [4.69, 9.17) is 4.74 Å². The Morgan fingerprint density at radius 2 is 2.05 bits per heavy atom. The standard InChI is InChI=1S/C16H22N2O3S/c1-11-15(21-12(2)19)16(20)18(10-9-17(3)4)13-7-5-6-8-14(13)22-11/h5-8,11,15H,9-10H2,1-4H3. The van der Waals surface area contributed by atoms with E-state index in [0.29, 0.717) is 6.54 Å². The van der Waals surface area contributed by atoms with Gasteiger partial charge < -0.3 is 14.5 Å². The van der Waals surface area contributed by atoms with Gasteiger partial charge in [-0.3, -0.25) is 9.59 Å². The number of ether oxygens (including phenoxy) is 1. The first-order chi connectivity index (χ1) is 10.4. The fourth-order valence-electron chi connectivity index (χ4n) is 2.37. The lowest BCUT2D eigenvalue weighted by atomic mass is 10.2. The predicted octanol–water partition coefficient (Wildman–Crippen LogP) is 2.01. The molecule has 2 unspecified atom stereocenters. The number of carbonyl (C=O) groups is 2. The average Bonchev–Trinajstić information content (AvgIpc) is 2.54. The van der Waals surface area contributed by atoms with E-state index in [1.165, 1.54) is 6.92 Å². The quantitative estimate of drug-likeness (QED) is 0.794. The van der Waals surface area contributed by atoms with E-state index >= 15 is 0 Å². The van der Waals surface area contributed by atoms with Crippen LogP contribution in [0, 0.1) is 0 Å². The van der Waals surface area contributed by atoms with Gasteiger partial charge in [0.2, 0.25) is 0 Å². The highest BCUT2D eigenvalue weighted by Gasteiger charge is 2.37. The van der Waals surface area contributed by atoms with Crippen molar-refractivity contribution in [1.29, 1.82) is 0 Å². The molecule has 0 bridgehead atoms. The summed E-state index contributed by atoms with van der Waals surface area (Å²) < 4.78 is 5.30. The van der Waals surface area contributed by atoms with E-state index in [9.17, 15) is 9.59 Å². The van der Waals surface area contributed by atoms with Crippen molar-refractivity contribution < 1.29 is 14.3 Å². The SMILES string of the molecule is CC(=O)OC1C(=O)N(CCN(C)C)c2ccccc2SC1C. The molecule has 2 atom stereocenters. The molecule has 5 nitrogen and oxygen atoms in total. The normalized spacial score (nSPS) is 21.5. The minimum absolute atomic E-state index is 0.123. The second-order valence-corrected chi connectivity index (χ2v) is 7.03. The van der Waals surface area contributed by atoms with Gasteiger partial charge in [0.25, 0.3) is 5.91 Å². The Morgan fingerprint density at radius 3 is 2.68 bits per heavy atom. The molecule has 22 heavy (non-hydrogen) atoms. The Labute approximate surface area is 135 Å². The summed E-state index contributed by atoms with van der Waals surface area (Å²) in [5.41, 5.74) is 0.890. The maximum absolute atomic E-state index is 12.9. The molecule has 0 spiro atoms. The lowest BCUT2D eigenvalue weighted by molar-refractivity contribution is -0.152. The number of amides is 1. The van der Waals surface area contributed by atoms with Crippen molar-refractivity contribution >= 4 is 29.3 Å². The number of para-hydroxylation sites is 1. The van der Waals surface area contributed by atoms with Gasteiger partial charge in [0, 0.05) is 24.9 Å². The van der Waals surface area contributed by atoms with Crippen molar-refractivity contribution in [1.82, 2.24) is 4.90 Å². The van der Waals surface area contributed by atoms with Crippen molar-refractivity contribution in [3.8, 4) is 0 Å². The van der Waals surface area contributed by atoms with Crippen molar-refractivity contribution in [3.05, 3.63) is 24.3 Å². The van der Waals surface area contributed by atoms with Crippen LogP contribution in [0.3, 0.4) is 0 Å². The van der Waals surface area contributed by atoms with Gasteiger partial charge in [-0.2, -0.15) is 0 Å². The monoisotopic (exact) mass is 322 g/mol. The van der Waals surface area contributed by atoms with Crippen LogP contribution in [0.4, 0.5) is 5.69 Å². The molecule has 1 aromatic rings. The first-order valence-corrected chi connectivity index (χ1v) is 8.17. The van der Waals surface area contributed by atoms with Crippen molar-refractivity contribution in [2.24, 2.45) is 0 Å². The van der Waals surface area contributed by atoms with Crippen LogP contribution in [0.15, 0.2) is 29.2 Å². The molecule has 1 aliphatic heterocycles. The van der Waals surface area contributed by atoms with E-state index < -0.39 is 12.1 Å². The summed E-state index contributed by atoms with van der Waals surface area (Å²) in [6, 6.07) is 7.83. The van der Waals surface area contributed by atoms with Gasteiger partial charge >= 0.3 is 5.97 Å². The van der Waals surface area contributed by atoms with Crippen LogP contribution in [0.5, 0.6) is 0 Å². The van der Waals surface area contributed by atoms with Crippen molar-refractivity contribution in [3.63, 3.8) is 0 Å². The van der Waals surface area contributed by atoms with Gasteiger partial charge in [0.15, 0.2) is 6.10 Å². The molecule has 2 rings (SSSR count). The number of carbonyl (C=O) groups excluding carboxylic acids is 2. The molecule has 1 amide bonds. The fourth-order valence-corrected chi connectivity index (χ4v) is 3.52. The summed E-state index contributed by atoms with van der Waals surface area (Å²) in [6.07, 6.45) is -0.753. The number of thioether (sulfide) groups is 1. The van der Waals surface area contributed by atoms with Crippen LogP contribution >= 0.6 is 11.8 Å². The van der Waals surface area contributed by atoms with Gasteiger partial charge in [-0.1, -0.05) is 12.1 Å². The number of anilines is 1. The zero-order valence-electron chi connectivity index (χ0n) is 13.4. The first-order valence-electron chi connectivity index (χ1n) is 7.29. The second-order valence-electron chi connectivity index (χ2n) is 5.61. The maximum Gasteiger partial charge on any atom is 0.303 e. The van der Waals surface area contributed by atoms with Gasteiger partial charge in [-0.15, -0.1) is 11.8 Å². The van der Waals surface area contributed by atoms with E-state index in [1.807, 2.05) is 50.2 Å². The third kappa shape index (κ3) is 3.81. The molecule has 1 heterocycles. The molecule has 0 radical (unpaired) electrons. The molecule has 0 aromatic heterocycles. The number of hydrogen-bond acceptors (Lipinski definition) is 5. The molecular formula is C16H22N2O3S. The molecule has 0 N–H and O–H groups in total. The molecular weight excluding hydrogens is 300 g/mol. The topological polar surface area (TPSA) is 49.9 Å². The Balaban J connectivity index is 2.36. The van der Waals surface area contributed by atoms with Crippen LogP contribution < -0.4 is 4.90 Å². The summed E-state index contributed by atoms with van der Waals surface area (Å²) in [6.45, 7) is 4.56. The number of rotatable bonds is 4. The van der Waals surface area contributed by atoms with Gasteiger partial charge in [0.1, 0.15) is 0 Å². The van der Waals surface area contributed by atoms with Gasteiger partial charge in [-0.25, -0.2) is 0 Å². The van der Waals surface area contributed by atoms with E-state index in [1.54, 1.807) is 16.7 Å². The lowest BCUT2D eigenvalue weighted by Gasteiger charge is -2.27. The molecule has 1 aliphatic rings.